The molecule has 4 aromatic heterocycles. The Labute approximate surface area is 238 Å². The average molecular weight is 582 g/mol. The number of H-pyrrole nitrogens is 1. The monoisotopic (exact) mass is 581 g/mol. The first-order valence-electron chi connectivity index (χ1n) is 13.8. The van der Waals surface area contributed by atoms with Gasteiger partial charge in [-0.3, -0.25) is 9.48 Å². The van der Waals surface area contributed by atoms with Crippen LogP contribution in [0.4, 0.5) is 24.7 Å². The molecule has 0 amide bonds. The number of ether oxygens (including phenoxy) is 1. The van der Waals surface area contributed by atoms with Crippen LogP contribution in [0, 0.1) is 0 Å². The number of benzene rings is 1. The second-order valence-electron chi connectivity index (χ2n) is 10.5. The number of aryl methyl sites for hydroxylation is 1. The predicted molar refractivity (Wildman–Crippen MR) is 153 cm³/mol. The molecule has 1 aromatic carbocycles. The molecule has 220 valence electrons. The maximum Gasteiger partial charge on any atom is 0.451 e. The summed E-state index contributed by atoms with van der Waals surface area (Å²) in [7, 11) is 1.88. The van der Waals surface area contributed by atoms with Gasteiger partial charge in [0.25, 0.3) is 5.56 Å². The highest BCUT2D eigenvalue weighted by Gasteiger charge is 2.37. The van der Waals surface area contributed by atoms with Gasteiger partial charge in [0.05, 0.1) is 19.4 Å². The number of hydrogen-bond donors (Lipinski definition) is 1. The van der Waals surface area contributed by atoms with Crippen LogP contribution in [0.25, 0.3) is 33.2 Å². The lowest BCUT2D eigenvalue weighted by Crippen LogP contribution is -2.45. The molecule has 10 nitrogen and oxygen atoms in total. The first-order valence-corrected chi connectivity index (χ1v) is 13.8. The Balaban J connectivity index is 0.000000151. The van der Waals surface area contributed by atoms with E-state index in [1.165, 1.54) is 0 Å². The van der Waals surface area contributed by atoms with Gasteiger partial charge >= 0.3 is 6.18 Å². The Morgan fingerprint density at radius 2 is 1.86 bits per heavy atom. The number of pyridine rings is 1. The second-order valence-corrected chi connectivity index (χ2v) is 10.5. The lowest BCUT2D eigenvalue weighted by atomic mass is 10.1. The van der Waals surface area contributed by atoms with Crippen molar-refractivity contribution in [2.75, 3.05) is 42.6 Å². The third-order valence-electron chi connectivity index (χ3n) is 7.46. The van der Waals surface area contributed by atoms with Gasteiger partial charge in [0.2, 0.25) is 5.82 Å². The Kier molecular flexibility index (Phi) is 7.35. The number of aromatic nitrogens is 5. The van der Waals surface area contributed by atoms with Crippen molar-refractivity contribution in [2.24, 2.45) is 7.05 Å². The number of morpholine rings is 1. The summed E-state index contributed by atoms with van der Waals surface area (Å²) >= 11 is 0. The van der Waals surface area contributed by atoms with Gasteiger partial charge in [0.1, 0.15) is 16.8 Å². The van der Waals surface area contributed by atoms with Crippen molar-refractivity contribution in [1.29, 1.82) is 0 Å². The van der Waals surface area contributed by atoms with Crippen molar-refractivity contribution < 1.29 is 22.3 Å². The number of furan rings is 1. The summed E-state index contributed by atoms with van der Waals surface area (Å²) < 4.78 is 52.2. The first kappa shape index (κ1) is 27.8. The third kappa shape index (κ3) is 5.43. The third-order valence-corrected chi connectivity index (χ3v) is 7.46. The fraction of sp³-hybridized carbons (Fsp3) is 0.379. The van der Waals surface area contributed by atoms with Gasteiger partial charge < -0.3 is 23.9 Å². The number of anilines is 2. The lowest BCUT2D eigenvalue weighted by Gasteiger charge is -2.34. The minimum absolute atomic E-state index is 0.0635. The van der Waals surface area contributed by atoms with E-state index in [-0.39, 0.29) is 22.9 Å². The van der Waals surface area contributed by atoms with E-state index < -0.39 is 12.0 Å². The first-order chi connectivity index (χ1) is 20.2. The summed E-state index contributed by atoms with van der Waals surface area (Å²) in [5.74, 6) is -0.875. The molecule has 1 atom stereocenters. The molecule has 1 unspecified atom stereocenters. The highest BCUT2D eigenvalue weighted by molar-refractivity contribution is 6.05. The van der Waals surface area contributed by atoms with E-state index in [0.717, 1.165) is 30.5 Å². The Bertz CT molecular complexity index is 1770. The number of rotatable bonds is 3. The van der Waals surface area contributed by atoms with Gasteiger partial charge in [-0.1, -0.05) is 12.1 Å². The highest BCUT2D eigenvalue weighted by Crippen LogP contribution is 2.37. The van der Waals surface area contributed by atoms with Gasteiger partial charge in [-0.25, -0.2) is 9.97 Å². The molecular weight excluding hydrogens is 551 g/mol. The molecule has 0 bridgehead atoms. The van der Waals surface area contributed by atoms with Gasteiger partial charge in [-0.15, -0.1) is 0 Å². The topological polar surface area (TPSA) is 105 Å². The van der Waals surface area contributed by atoms with Crippen LogP contribution >= 0.6 is 0 Å². The van der Waals surface area contributed by atoms with Crippen molar-refractivity contribution in [3.63, 3.8) is 0 Å². The van der Waals surface area contributed by atoms with Crippen LogP contribution in [0.15, 0.2) is 58.1 Å². The smallest absolute Gasteiger partial charge is 0.450 e. The minimum atomic E-state index is -4.58. The Morgan fingerprint density at radius 1 is 1.07 bits per heavy atom. The molecule has 2 aliphatic heterocycles. The fourth-order valence-electron chi connectivity index (χ4n) is 5.35. The molecule has 42 heavy (non-hydrogen) atoms. The molecule has 0 saturated carbocycles. The van der Waals surface area contributed by atoms with Crippen molar-refractivity contribution in [2.45, 2.75) is 32.0 Å². The summed E-state index contributed by atoms with van der Waals surface area (Å²) in [6, 6.07) is 9.09. The second kappa shape index (κ2) is 11.1. The number of alkyl halides is 3. The molecule has 0 radical (unpaired) electrons. The van der Waals surface area contributed by atoms with Crippen LogP contribution in [0.3, 0.4) is 0 Å². The number of halogens is 3. The SMILES string of the molecule is CC1COCCN1c1cc(-c2cnn(C)c2)c[nH]c1=O.FC(F)(F)c1nc(N2CCCC2)c2oc3ccccc3c2n1. The number of para-hydroxylation sites is 1. The van der Waals surface area contributed by atoms with Gasteiger partial charge in [0, 0.05) is 61.6 Å². The van der Waals surface area contributed by atoms with Crippen LogP contribution in [0.2, 0.25) is 0 Å². The average Bonchev–Trinajstić information content (AvgIpc) is 3.73. The molecule has 6 heterocycles. The van der Waals surface area contributed by atoms with Crippen LogP contribution in [0.1, 0.15) is 25.6 Å². The lowest BCUT2D eigenvalue weighted by molar-refractivity contribution is -0.144. The van der Waals surface area contributed by atoms with E-state index >= 15 is 0 Å². The maximum atomic E-state index is 13.1. The summed E-state index contributed by atoms with van der Waals surface area (Å²) in [5.41, 5.74) is 3.66. The zero-order valence-electron chi connectivity index (χ0n) is 23.2. The fourth-order valence-corrected chi connectivity index (χ4v) is 5.35. The van der Waals surface area contributed by atoms with E-state index in [1.807, 2.05) is 24.2 Å². The summed E-state index contributed by atoms with van der Waals surface area (Å²) in [6.07, 6.45) is 2.75. The van der Waals surface area contributed by atoms with E-state index in [2.05, 4.69) is 31.9 Å². The number of hydrogen-bond acceptors (Lipinski definition) is 8. The van der Waals surface area contributed by atoms with Crippen LogP contribution in [0.5, 0.6) is 0 Å². The minimum Gasteiger partial charge on any atom is -0.450 e. The van der Waals surface area contributed by atoms with Crippen LogP contribution in [-0.2, 0) is 18.0 Å². The molecule has 2 fully saturated rings. The number of aromatic amines is 1. The van der Waals surface area contributed by atoms with Crippen molar-refractivity contribution in [3.05, 3.63) is 65.1 Å². The zero-order chi connectivity index (χ0) is 29.4. The maximum absolute atomic E-state index is 13.1. The normalized spacial score (nSPS) is 17.6. The van der Waals surface area contributed by atoms with E-state index in [0.29, 0.717) is 48.5 Å². The number of nitrogens with one attached hydrogen (secondary N) is 1. The largest absolute Gasteiger partial charge is 0.451 e. The molecule has 5 aromatic rings. The molecule has 0 aliphatic carbocycles. The number of fused-ring (bicyclic) bond motifs is 3. The van der Waals surface area contributed by atoms with Crippen molar-refractivity contribution >= 4 is 33.6 Å². The van der Waals surface area contributed by atoms with Gasteiger partial charge in [-0.05, 0) is 38.0 Å². The van der Waals surface area contributed by atoms with E-state index in [4.69, 9.17) is 9.15 Å². The quantitative estimate of drug-likeness (QED) is 0.318. The van der Waals surface area contributed by atoms with Crippen LogP contribution < -0.4 is 15.4 Å². The highest BCUT2D eigenvalue weighted by atomic mass is 19.4. The Morgan fingerprint density at radius 3 is 2.57 bits per heavy atom. The molecule has 13 heteroatoms. The summed E-state index contributed by atoms with van der Waals surface area (Å²) in [4.78, 5) is 26.3. The Hall–Kier alpha value is -4.39. The predicted octanol–water partition coefficient (Wildman–Crippen LogP) is 5.00. The summed E-state index contributed by atoms with van der Waals surface area (Å²) in [6.45, 7) is 5.47. The molecular formula is C29H30F3N7O3. The van der Waals surface area contributed by atoms with E-state index in [1.54, 1.807) is 41.3 Å². The van der Waals surface area contributed by atoms with Crippen LogP contribution in [-0.4, -0.2) is 63.6 Å². The van der Waals surface area contributed by atoms with Crippen molar-refractivity contribution in [3.8, 4) is 11.1 Å². The number of nitrogens with zero attached hydrogens (tertiary/aromatic N) is 6. The molecule has 0 spiro atoms. The standard InChI is InChI=1S/C15H12F3N3O.C14H18N4O2/c16-15(17,18)14-19-11-9-5-1-2-6-10(9)22-12(11)13(20-14)21-7-3-4-8-21;1-10-9-20-4-3-18(10)13-5-11(6-15-14(13)19)12-7-16-17(2)8-12/h1-2,5-6H,3-4,7-8H2;5-8,10H,3-4,9H2,1-2H3,(H,15,19). The molecule has 2 aliphatic rings. The van der Waals surface area contributed by atoms with Crippen molar-refractivity contribution in [1.82, 2.24) is 24.7 Å². The molecule has 1 N–H and O–H groups in total. The molecule has 7 rings (SSSR count). The zero-order valence-corrected chi connectivity index (χ0v) is 23.2. The molecule has 2 saturated heterocycles. The van der Waals surface area contributed by atoms with Gasteiger partial charge in [0.15, 0.2) is 11.4 Å². The van der Waals surface area contributed by atoms with Gasteiger partial charge in [-0.2, -0.15) is 18.3 Å². The summed E-state index contributed by atoms with van der Waals surface area (Å²) in [5, 5.41) is 4.74. The van der Waals surface area contributed by atoms with E-state index in [9.17, 15) is 18.0 Å².